The molecule has 0 amide bonds. The minimum atomic E-state index is -0.294. The Morgan fingerprint density at radius 3 is 3.00 bits per heavy atom. The zero-order valence-electron chi connectivity index (χ0n) is 9.54. The van der Waals surface area contributed by atoms with Gasteiger partial charge in [-0.1, -0.05) is 6.92 Å². The summed E-state index contributed by atoms with van der Waals surface area (Å²) >= 11 is 0. The van der Waals surface area contributed by atoms with Crippen LogP contribution in [0.3, 0.4) is 0 Å². The first-order valence-electron chi connectivity index (χ1n) is 5.55. The van der Waals surface area contributed by atoms with Crippen LogP contribution >= 0.6 is 0 Å². The van der Waals surface area contributed by atoms with Crippen molar-refractivity contribution in [2.45, 2.75) is 32.2 Å². The van der Waals surface area contributed by atoms with Gasteiger partial charge < -0.3 is 5.32 Å². The lowest BCUT2D eigenvalue weighted by atomic mass is 10.0. The first-order valence-corrected chi connectivity index (χ1v) is 5.55. The normalized spacial score (nSPS) is 12.1. The van der Waals surface area contributed by atoms with Crippen molar-refractivity contribution in [2.75, 3.05) is 6.54 Å². The summed E-state index contributed by atoms with van der Waals surface area (Å²) < 4.78 is 13.0. The fourth-order valence-corrected chi connectivity index (χ4v) is 1.66. The highest BCUT2D eigenvalue weighted by atomic mass is 19.1. The van der Waals surface area contributed by atoms with E-state index in [0.29, 0.717) is 0 Å². The van der Waals surface area contributed by atoms with E-state index in [2.05, 4.69) is 16.2 Å². The minimum Gasteiger partial charge on any atom is -0.310 e. The van der Waals surface area contributed by atoms with E-state index in [9.17, 15) is 4.39 Å². The molecule has 1 rings (SSSR count). The molecular weight excluding hydrogens is 203 g/mol. The number of nitrogens with one attached hydrogen (secondary N) is 1. The van der Waals surface area contributed by atoms with Crippen LogP contribution in [0.5, 0.6) is 0 Å². The summed E-state index contributed by atoms with van der Waals surface area (Å²) in [6, 6.07) is 1.66. The Bertz CT molecular complexity index is 357. The highest BCUT2D eigenvalue weighted by Gasteiger charge is 2.10. The molecule has 0 saturated carbocycles. The lowest BCUT2D eigenvalue weighted by molar-refractivity contribution is 0.496. The predicted octanol–water partition coefficient (Wildman–Crippen LogP) is 2.67. The highest BCUT2D eigenvalue weighted by Crippen LogP contribution is 2.18. The smallest absolute Gasteiger partial charge is 0.141 e. The van der Waals surface area contributed by atoms with Gasteiger partial charge in [-0.3, -0.25) is 4.98 Å². The molecular formula is C13H17FN2. The highest BCUT2D eigenvalue weighted by molar-refractivity contribution is 5.15. The quantitative estimate of drug-likeness (QED) is 0.589. The van der Waals surface area contributed by atoms with Gasteiger partial charge in [0.1, 0.15) is 5.82 Å². The van der Waals surface area contributed by atoms with Crippen LogP contribution in [0.25, 0.3) is 0 Å². The van der Waals surface area contributed by atoms with E-state index in [1.54, 1.807) is 6.20 Å². The number of hydrogen-bond acceptors (Lipinski definition) is 2. The van der Waals surface area contributed by atoms with Crippen molar-refractivity contribution in [3.05, 3.63) is 29.8 Å². The van der Waals surface area contributed by atoms with Crippen molar-refractivity contribution in [1.82, 2.24) is 10.3 Å². The number of halogens is 1. The molecule has 0 aromatic carbocycles. The van der Waals surface area contributed by atoms with Gasteiger partial charge in [-0.2, -0.15) is 0 Å². The molecule has 1 atom stereocenters. The van der Waals surface area contributed by atoms with Crippen LogP contribution in [-0.4, -0.2) is 11.5 Å². The third kappa shape index (κ3) is 4.00. The molecule has 0 aliphatic carbocycles. The molecule has 0 radical (unpaired) electrons. The number of unbranched alkanes of at least 4 members (excludes halogenated alkanes) is 1. The monoisotopic (exact) mass is 220 g/mol. The molecule has 3 heteroatoms. The fourth-order valence-electron chi connectivity index (χ4n) is 1.66. The van der Waals surface area contributed by atoms with Crippen LogP contribution < -0.4 is 5.32 Å². The van der Waals surface area contributed by atoms with E-state index in [0.717, 1.165) is 31.4 Å². The molecule has 1 aromatic rings. The van der Waals surface area contributed by atoms with E-state index < -0.39 is 0 Å². The molecule has 0 saturated heterocycles. The second-order valence-electron chi connectivity index (χ2n) is 3.64. The Hall–Kier alpha value is -1.40. The molecule has 0 aliphatic heterocycles. The van der Waals surface area contributed by atoms with Crippen molar-refractivity contribution in [3.63, 3.8) is 0 Å². The standard InChI is InChI=1S/C13H17FN2/c1-3-5-6-7-13(16-4-2)11-8-12(14)10-15-9-11/h1,8-10,13,16H,4-7H2,2H3. The Balaban J connectivity index is 2.65. The summed E-state index contributed by atoms with van der Waals surface area (Å²) in [4.78, 5) is 3.86. The van der Waals surface area contributed by atoms with Crippen LogP contribution in [0.15, 0.2) is 18.5 Å². The van der Waals surface area contributed by atoms with Crippen LogP contribution in [0.1, 0.15) is 37.8 Å². The molecule has 0 bridgehead atoms. The molecule has 16 heavy (non-hydrogen) atoms. The second-order valence-corrected chi connectivity index (χ2v) is 3.64. The van der Waals surface area contributed by atoms with Crippen molar-refractivity contribution in [2.24, 2.45) is 0 Å². The zero-order valence-corrected chi connectivity index (χ0v) is 9.54. The summed E-state index contributed by atoms with van der Waals surface area (Å²) in [5.74, 6) is 2.32. The third-order valence-corrected chi connectivity index (χ3v) is 2.39. The second kappa shape index (κ2) is 6.97. The van der Waals surface area contributed by atoms with Crippen LogP contribution in [0.2, 0.25) is 0 Å². The number of nitrogens with zero attached hydrogens (tertiary/aromatic N) is 1. The van der Waals surface area contributed by atoms with Crippen LogP contribution in [0, 0.1) is 18.2 Å². The Labute approximate surface area is 96.3 Å². The van der Waals surface area contributed by atoms with Gasteiger partial charge in [0.15, 0.2) is 0 Å². The number of pyridine rings is 1. The van der Waals surface area contributed by atoms with E-state index in [1.807, 2.05) is 6.92 Å². The Morgan fingerprint density at radius 1 is 1.56 bits per heavy atom. The number of hydrogen-bond donors (Lipinski definition) is 1. The van der Waals surface area contributed by atoms with Gasteiger partial charge in [-0.15, -0.1) is 12.3 Å². The average molecular weight is 220 g/mol. The van der Waals surface area contributed by atoms with Gasteiger partial charge in [0.25, 0.3) is 0 Å². The zero-order chi connectivity index (χ0) is 11.8. The lowest BCUT2D eigenvalue weighted by Gasteiger charge is -2.17. The van der Waals surface area contributed by atoms with Gasteiger partial charge in [0.2, 0.25) is 0 Å². The predicted molar refractivity (Wildman–Crippen MR) is 63.3 cm³/mol. The summed E-state index contributed by atoms with van der Waals surface area (Å²) in [5.41, 5.74) is 0.888. The Morgan fingerprint density at radius 2 is 2.38 bits per heavy atom. The van der Waals surface area contributed by atoms with E-state index >= 15 is 0 Å². The summed E-state index contributed by atoms with van der Waals surface area (Å²) in [5, 5.41) is 3.31. The molecule has 86 valence electrons. The van der Waals surface area contributed by atoms with Gasteiger partial charge in [0, 0.05) is 18.7 Å². The maximum Gasteiger partial charge on any atom is 0.141 e. The molecule has 2 nitrogen and oxygen atoms in total. The van der Waals surface area contributed by atoms with Gasteiger partial charge >= 0.3 is 0 Å². The SMILES string of the molecule is C#CCCCC(NCC)c1cncc(F)c1. The fraction of sp³-hybridized carbons (Fsp3) is 0.462. The first kappa shape index (κ1) is 12.7. The molecule has 0 spiro atoms. The van der Waals surface area contributed by atoms with E-state index in [1.165, 1.54) is 12.3 Å². The van der Waals surface area contributed by atoms with Crippen LogP contribution in [0.4, 0.5) is 4.39 Å². The van der Waals surface area contributed by atoms with E-state index in [4.69, 9.17) is 6.42 Å². The van der Waals surface area contributed by atoms with Crippen molar-refractivity contribution in [3.8, 4) is 12.3 Å². The number of terminal acetylenes is 1. The van der Waals surface area contributed by atoms with Gasteiger partial charge in [0.05, 0.1) is 6.20 Å². The summed E-state index contributed by atoms with van der Waals surface area (Å²) in [7, 11) is 0. The molecule has 0 aliphatic rings. The van der Waals surface area contributed by atoms with Crippen LogP contribution in [-0.2, 0) is 0 Å². The van der Waals surface area contributed by atoms with Crippen molar-refractivity contribution < 1.29 is 4.39 Å². The molecule has 1 N–H and O–H groups in total. The van der Waals surface area contributed by atoms with Crippen molar-refractivity contribution >= 4 is 0 Å². The number of rotatable bonds is 6. The lowest BCUT2D eigenvalue weighted by Crippen LogP contribution is -2.21. The summed E-state index contributed by atoms with van der Waals surface area (Å²) in [6.45, 7) is 2.87. The van der Waals surface area contributed by atoms with E-state index in [-0.39, 0.29) is 11.9 Å². The molecule has 0 fully saturated rings. The molecule has 1 unspecified atom stereocenters. The maximum atomic E-state index is 13.0. The minimum absolute atomic E-state index is 0.140. The molecule has 1 aromatic heterocycles. The topological polar surface area (TPSA) is 24.9 Å². The summed E-state index contributed by atoms with van der Waals surface area (Å²) in [6.07, 6.45) is 10.7. The van der Waals surface area contributed by atoms with Gasteiger partial charge in [-0.05, 0) is 31.0 Å². The first-order chi connectivity index (χ1) is 7.77. The average Bonchev–Trinajstić information content (AvgIpc) is 2.28. The van der Waals surface area contributed by atoms with Gasteiger partial charge in [-0.25, -0.2) is 4.39 Å². The Kier molecular flexibility index (Phi) is 5.52. The third-order valence-electron chi connectivity index (χ3n) is 2.39. The van der Waals surface area contributed by atoms with Crippen molar-refractivity contribution in [1.29, 1.82) is 0 Å². The maximum absolute atomic E-state index is 13.0. The molecule has 1 heterocycles. The largest absolute Gasteiger partial charge is 0.310 e. The number of aromatic nitrogens is 1.